The van der Waals surface area contributed by atoms with Crippen molar-refractivity contribution in [3.05, 3.63) is 35.1 Å². The van der Waals surface area contributed by atoms with Gasteiger partial charge in [-0.15, -0.1) is 10.2 Å². The van der Waals surface area contributed by atoms with E-state index >= 15 is 0 Å². The molecule has 20 heavy (non-hydrogen) atoms. The van der Waals surface area contributed by atoms with Gasteiger partial charge in [-0.2, -0.15) is 0 Å². The Morgan fingerprint density at radius 1 is 1.55 bits per heavy atom. The van der Waals surface area contributed by atoms with Crippen molar-refractivity contribution in [2.24, 2.45) is 0 Å². The van der Waals surface area contributed by atoms with Crippen LogP contribution >= 0.6 is 23.4 Å². The van der Waals surface area contributed by atoms with Crippen LogP contribution in [0.3, 0.4) is 0 Å². The molecule has 1 amide bonds. The summed E-state index contributed by atoms with van der Waals surface area (Å²) in [7, 11) is 0. The van der Waals surface area contributed by atoms with E-state index < -0.39 is 0 Å². The lowest BCUT2D eigenvalue weighted by Gasteiger charge is -2.11. The average Bonchev–Trinajstić information content (AvgIpc) is 2.79. The number of aryl methyl sites for hydroxylation is 1. The van der Waals surface area contributed by atoms with Crippen LogP contribution in [0, 0.1) is 6.92 Å². The summed E-state index contributed by atoms with van der Waals surface area (Å²) in [4.78, 5) is 12.1. The first-order chi connectivity index (χ1) is 9.47. The number of amides is 1. The van der Waals surface area contributed by atoms with E-state index in [-0.39, 0.29) is 11.2 Å². The predicted molar refractivity (Wildman–Crippen MR) is 80.3 cm³/mol. The molecular formula is C12H14ClN5OS. The maximum Gasteiger partial charge on any atom is 0.237 e. The maximum absolute atomic E-state index is 12.1. The number of benzene rings is 1. The fourth-order valence-corrected chi connectivity index (χ4v) is 2.37. The van der Waals surface area contributed by atoms with Crippen molar-refractivity contribution in [1.82, 2.24) is 14.9 Å². The highest BCUT2D eigenvalue weighted by Crippen LogP contribution is 2.23. The van der Waals surface area contributed by atoms with Crippen LogP contribution < -0.4 is 11.2 Å². The summed E-state index contributed by atoms with van der Waals surface area (Å²) in [5.74, 6) is 5.45. The summed E-state index contributed by atoms with van der Waals surface area (Å²) in [6.07, 6.45) is 1.38. The fraction of sp³-hybridized carbons (Fsp3) is 0.250. The molecule has 0 bridgehead atoms. The minimum Gasteiger partial charge on any atom is -0.336 e. The second-order valence-corrected chi connectivity index (χ2v) is 5.95. The zero-order valence-electron chi connectivity index (χ0n) is 11.0. The number of nitrogens with zero attached hydrogens (tertiary/aromatic N) is 3. The van der Waals surface area contributed by atoms with E-state index in [1.807, 2.05) is 19.1 Å². The number of rotatable bonds is 4. The quantitative estimate of drug-likeness (QED) is 0.667. The smallest absolute Gasteiger partial charge is 0.237 e. The van der Waals surface area contributed by atoms with Gasteiger partial charge in [0.2, 0.25) is 11.1 Å². The third kappa shape index (κ3) is 3.43. The van der Waals surface area contributed by atoms with Crippen LogP contribution in [-0.4, -0.2) is 26.0 Å². The van der Waals surface area contributed by atoms with Crippen LogP contribution in [0.5, 0.6) is 0 Å². The Labute approximate surface area is 125 Å². The number of carbonyl (C=O) groups is 1. The van der Waals surface area contributed by atoms with Gasteiger partial charge >= 0.3 is 0 Å². The van der Waals surface area contributed by atoms with E-state index in [0.29, 0.717) is 15.9 Å². The molecule has 1 heterocycles. The van der Waals surface area contributed by atoms with Crippen molar-refractivity contribution < 1.29 is 4.79 Å². The highest BCUT2D eigenvalue weighted by Gasteiger charge is 2.17. The topological polar surface area (TPSA) is 85.8 Å². The first kappa shape index (κ1) is 14.7. The van der Waals surface area contributed by atoms with E-state index in [1.165, 1.54) is 22.8 Å². The number of halogens is 1. The summed E-state index contributed by atoms with van der Waals surface area (Å²) < 4.78 is 1.27. The Balaban J connectivity index is 2.00. The summed E-state index contributed by atoms with van der Waals surface area (Å²) in [5, 5.41) is 11.0. The van der Waals surface area contributed by atoms with Crippen molar-refractivity contribution in [2.75, 3.05) is 11.2 Å². The van der Waals surface area contributed by atoms with Gasteiger partial charge in [0.1, 0.15) is 6.33 Å². The molecule has 0 spiro atoms. The summed E-state index contributed by atoms with van der Waals surface area (Å²) >= 11 is 7.25. The minimum atomic E-state index is -0.360. The number of hydrogen-bond donors (Lipinski definition) is 2. The molecule has 8 heteroatoms. The Bertz CT molecular complexity index is 630. The standard InChI is InChI=1S/C12H14ClN5OS/c1-7-3-4-9(5-10(7)13)16-11(19)8(2)20-12-17-15-6-18(12)14/h3-6,8H,14H2,1-2H3,(H,16,19)/t8-/m1/s1. The Morgan fingerprint density at radius 3 is 2.90 bits per heavy atom. The van der Waals surface area contributed by atoms with Crippen LogP contribution in [-0.2, 0) is 4.79 Å². The predicted octanol–water partition coefficient (Wildman–Crippen LogP) is 2.07. The molecule has 0 aliphatic rings. The summed E-state index contributed by atoms with van der Waals surface area (Å²) in [5.41, 5.74) is 1.62. The van der Waals surface area contributed by atoms with Gasteiger partial charge < -0.3 is 11.2 Å². The molecule has 0 aliphatic heterocycles. The number of nitrogen functional groups attached to an aromatic ring is 1. The molecule has 0 saturated heterocycles. The van der Waals surface area contributed by atoms with Gasteiger partial charge in [-0.3, -0.25) is 4.79 Å². The fourth-order valence-electron chi connectivity index (χ4n) is 1.44. The molecule has 2 rings (SSSR count). The van der Waals surface area contributed by atoms with E-state index in [4.69, 9.17) is 17.4 Å². The normalized spacial score (nSPS) is 12.2. The van der Waals surface area contributed by atoms with Gasteiger partial charge in [-0.05, 0) is 31.5 Å². The lowest BCUT2D eigenvalue weighted by atomic mass is 10.2. The summed E-state index contributed by atoms with van der Waals surface area (Å²) in [6, 6.07) is 5.38. The van der Waals surface area contributed by atoms with Gasteiger partial charge in [0, 0.05) is 10.7 Å². The molecule has 1 atom stereocenters. The number of nitrogens with two attached hydrogens (primary N) is 1. The Morgan fingerprint density at radius 2 is 2.30 bits per heavy atom. The first-order valence-electron chi connectivity index (χ1n) is 5.86. The second-order valence-electron chi connectivity index (χ2n) is 4.23. The van der Waals surface area contributed by atoms with Gasteiger partial charge in [0.05, 0.1) is 5.25 Å². The van der Waals surface area contributed by atoms with Gasteiger partial charge in [-0.25, -0.2) is 4.68 Å². The van der Waals surface area contributed by atoms with Crippen LogP contribution in [0.4, 0.5) is 5.69 Å². The molecule has 0 fully saturated rings. The molecule has 3 N–H and O–H groups in total. The third-order valence-electron chi connectivity index (χ3n) is 2.63. The van der Waals surface area contributed by atoms with Crippen molar-refractivity contribution in [1.29, 1.82) is 0 Å². The monoisotopic (exact) mass is 311 g/mol. The van der Waals surface area contributed by atoms with E-state index in [9.17, 15) is 4.79 Å². The summed E-state index contributed by atoms with van der Waals surface area (Å²) in [6.45, 7) is 3.67. The minimum absolute atomic E-state index is 0.155. The molecule has 0 saturated carbocycles. The molecule has 6 nitrogen and oxygen atoms in total. The van der Waals surface area contributed by atoms with Crippen molar-refractivity contribution in [3.8, 4) is 0 Å². The van der Waals surface area contributed by atoms with Crippen molar-refractivity contribution >= 4 is 35.0 Å². The first-order valence-corrected chi connectivity index (χ1v) is 7.12. The van der Waals surface area contributed by atoms with Crippen molar-refractivity contribution in [2.45, 2.75) is 24.3 Å². The zero-order chi connectivity index (χ0) is 14.7. The molecule has 1 aromatic heterocycles. The van der Waals surface area contributed by atoms with Crippen LogP contribution in [0.25, 0.3) is 0 Å². The molecular weight excluding hydrogens is 298 g/mol. The lowest BCUT2D eigenvalue weighted by molar-refractivity contribution is -0.115. The molecule has 106 valence electrons. The SMILES string of the molecule is Cc1ccc(NC(=O)[C@@H](C)Sc2nncn2N)cc1Cl. The van der Waals surface area contributed by atoms with Gasteiger partial charge in [0.25, 0.3) is 0 Å². The molecule has 0 aliphatic carbocycles. The maximum atomic E-state index is 12.1. The van der Waals surface area contributed by atoms with Crippen LogP contribution in [0.2, 0.25) is 5.02 Å². The number of nitrogens with one attached hydrogen (secondary N) is 1. The third-order valence-corrected chi connectivity index (χ3v) is 4.11. The molecule has 0 unspecified atom stereocenters. The highest BCUT2D eigenvalue weighted by atomic mass is 35.5. The number of anilines is 1. The van der Waals surface area contributed by atoms with Crippen molar-refractivity contribution in [3.63, 3.8) is 0 Å². The number of carbonyl (C=O) groups excluding carboxylic acids is 1. The van der Waals surface area contributed by atoms with Gasteiger partial charge in [-0.1, -0.05) is 29.4 Å². The lowest BCUT2D eigenvalue weighted by Crippen LogP contribution is -2.23. The Kier molecular flexibility index (Phi) is 4.51. The van der Waals surface area contributed by atoms with Crippen LogP contribution in [0.1, 0.15) is 12.5 Å². The van der Waals surface area contributed by atoms with E-state index in [2.05, 4.69) is 15.5 Å². The average molecular weight is 312 g/mol. The van der Waals surface area contributed by atoms with Crippen LogP contribution in [0.15, 0.2) is 29.7 Å². The zero-order valence-corrected chi connectivity index (χ0v) is 12.6. The molecule has 0 radical (unpaired) electrons. The highest BCUT2D eigenvalue weighted by molar-refractivity contribution is 8.00. The van der Waals surface area contributed by atoms with Gasteiger partial charge in [0.15, 0.2) is 0 Å². The molecule has 1 aromatic carbocycles. The van der Waals surface area contributed by atoms with E-state index in [0.717, 1.165) is 5.56 Å². The Hall–Kier alpha value is -1.73. The second kappa shape index (κ2) is 6.15. The number of thioether (sulfide) groups is 1. The largest absolute Gasteiger partial charge is 0.336 e. The van der Waals surface area contributed by atoms with E-state index in [1.54, 1.807) is 13.0 Å². The number of hydrogen-bond acceptors (Lipinski definition) is 5. The molecule has 2 aromatic rings. The number of aromatic nitrogens is 3.